The average Bonchev–Trinajstić information content (AvgIpc) is 2.44. The van der Waals surface area contributed by atoms with Gasteiger partial charge in [-0.1, -0.05) is 6.07 Å². The molecule has 0 bridgehead atoms. The first-order chi connectivity index (χ1) is 9.66. The van der Waals surface area contributed by atoms with Gasteiger partial charge in [-0.05, 0) is 69.9 Å². The second kappa shape index (κ2) is 8.12. The van der Waals surface area contributed by atoms with Gasteiger partial charge in [0.2, 0.25) is 5.91 Å². The smallest absolute Gasteiger partial charge is 0.226 e. The van der Waals surface area contributed by atoms with Crippen LogP contribution in [0.3, 0.4) is 0 Å². The predicted octanol–water partition coefficient (Wildman–Crippen LogP) is 3.31. The van der Waals surface area contributed by atoms with E-state index in [2.05, 4.69) is 42.5 Å². The Morgan fingerprint density at radius 2 is 1.95 bits per heavy atom. The van der Waals surface area contributed by atoms with E-state index >= 15 is 0 Å². The number of hydrogen-bond donors (Lipinski definition) is 2. The number of piperidine rings is 1. The molecule has 0 unspecified atom stereocenters. The van der Waals surface area contributed by atoms with Crippen molar-refractivity contribution >= 4 is 43.5 Å². The molecular weight excluding hydrogens is 388 g/mol. The highest BCUT2D eigenvalue weighted by Gasteiger charge is 2.14. The summed E-state index contributed by atoms with van der Waals surface area (Å²) in [7, 11) is 0. The number of carbonyl (C=O) groups excluding carboxylic acids is 1. The number of benzene rings is 1. The lowest BCUT2D eigenvalue weighted by Crippen LogP contribution is -2.33. The molecule has 1 aliphatic rings. The molecule has 1 aromatic carbocycles. The number of rotatable bonds is 5. The summed E-state index contributed by atoms with van der Waals surface area (Å²) >= 11 is 6.85. The fourth-order valence-corrected chi connectivity index (χ4v) is 3.30. The number of para-hydroxylation sites is 1. The Morgan fingerprint density at radius 1 is 1.30 bits per heavy atom. The molecule has 110 valence electrons. The van der Waals surface area contributed by atoms with Crippen molar-refractivity contribution < 1.29 is 9.53 Å². The SMILES string of the molecule is O=C(CCOC1CCNCC1)Nc1c(Br)cccc1Br. The van der Waals surface area contributed by atoms with E-state index in [0.29, 0.717) is 19.1 Å². The second-order valence-corrected chi connectivity index (χ2v) is 6.42. The fraction of sp³-hybridized carbons (Fsp3) is 0.500. The second-order valence-electron chi connectivity index (χ2n) is 4.71. The topological polar surface area (TPSA) is 50.4 Å². The lowest BCUT2D eigenvalue weighted by atomic mass is 10.1. The first kappa shape index (κ1) is 15.9. The third-order valence-electron chi connectivity index (χ3n) is 3.20. The normalized spacial score (nSPS) is 16.1. The first-order valence-corrected chi connectivity index (χ1v) is 8.31. The molecule has 2 rings (SSSR count). The molecule has 20 heavy (non-hydrogen) atoms. The third kappa shape index (κ3) is 4.84. The van der Waals surface area contributed by atoms with Crippen molar-refractivity contribution in [1.82, 2.24) is 5.32 Å². The molecule has 4 nitrogen and oxygen atoms in total. The van der Waals surface area contributed by atoms with Crippen molar-refractivity contribution in [2.45, 2.75) is 25.4 Å². The number of carbonyl (C=O) groups is 1. The molecule has 0 saturated carbocycles. The molecule has 1 saturated heterocycles. The van der Waals surface area contributed by atoms with Gasteiger partial charge in [0.25, 0.3) is 0 Å². The minimum absolute atomic E-state index is 0.0356. The van der Waals surface area contributed by atoms with Crippen LogP contribution in [0.25, 0.3) is 0 Å². The number of hydrogen-bond acceptors (Lipinski definition) is 3. The molecule has 0 atom stereocenters. The number of amides is 1. The standard InChI is InChI=1S/C14H18Br2N2O2/c15-11-2-1-3-12(16)14(11)18-13(19)6-9-20-10-4-7-17-8-5-10/h1-3,10,17H,4-9H2,(H,18,19). The fourth-order valence-electron chi connectivity index (χ4n) is 2.10. The maximum absolute atomic E-state index is 11.9. The number of nitrogens with one attached hydrogen (secondary N) is 2. The Hall–Kier alpha value is -0.430. The van der Waals surface area contributed by atoms with Crippen LogP contribution in [0, 0.1) is 0 Å². The molecule has 6 heteroatoms. The monoisotopic (exact) mass is 404 g/mol. The van der Waals surface area contributed by atoms with Crippen LogP contribution in [0.4, 0.5) is 5.69 Å². The lowest BCUT2D eigenvalue weighted by molar-refractivity contribution is -0.117. The maximum atomic E-state index is 11.9. The van der Waals surface area contributed by atoms with Crippen LogP contribution in [0.5, 0.6) is 0 Å². The van der Waals surface area contributed by atoms with Gasteiger partial charge in [0, 0.05) is 8.95 Å². The Kier molecular flexibility index (Phi) is 6.48. The summed E-state index contributed by atoms with van der Waals surface area (Å²) in [5.74, 6) is -0.0356. The van der Waals surface area contributed by atoms with E-state index in [1.54, 1.807) is 0 Å². The van der Waals surface area contributed by atoms with Crippen molar-refractivity contribution in [2.75, 3.05) is 25.0 Å². The molecule has 0 spiro atoms. The zero-order chi connectivity index (χ0) is 14.4. The summed E-state index contributed by atoms with van der Waals surface area (Å²) in [6, 6.07) is 5.70. The highest BCUT2D eigenvalue weighted by atomic mass is 79.9. The molecule has 0 radical (unpaired) electrons. The third-order valence-corrected chi connectivity index (χ3v) is 4.52. The molecular formula is C14H18Br2N2O2. The molecule has 1 aliphatic heterocycles. The Labute approximate surface area is 135 Å². The van der Waals surface area contributed by atoms with Crippen LogP contribution < -0.4 is 10.6 Å². The van der Waals surface area contributed by atoms with Crippen molar-refractivity contribution in [3.63, 3.8) is 0 Å². The van der Waals surface area contributed by atoms with Gasteiger partial charge >= 0.3 is 0 Å². The van der Waals surface area contributed by atoms with E-state index in [0.717, 1.165) is 40.6 Å². The summed E-state index contributed by atoms with van der Waals surface area (Å²) in [6.45, 7) is 2.47. The minimum atomic E-state index is -0.0356. The highest BCUT2D eigenvalue weighted by molar-refractivity contribution is 9.11. The van der Waals surface area contributed by atoms with Gasteiger partial charge in [-0.2, -0.15) is 0 Å². The van der Waals surface area contributed by atoms with Crippen molar-refractivity contribution in [3.05, 3.63) is 27.1 Å². The quantitative estimate of drug-likeness (QED) is 0.789. The Balaban J connectivity index is 1.75. The van der Waals surface area contributed by atoms with Crippen LogP contribution in [0.1, 0.15) is 19.3 Å². The lowest BCUT2D eigenvalue weighted by Gasteiger charge is -2.22. The summed E-state index contributed by atoms with van der Waals surface area (Å²) in [5.41, 5.74) is 0.763. The Bertz CT molecular complexity index is 442. The van der Waals surface area contributed by atoms with Gasteiger partial charge in [-0.25, -0.2) is 0 Å². The molecule has 1 aromatic rings. The van der Waals surface area contributed by atoms with E-state index in [1.165, 1.54) is 0 Å². The van der Waals surface area contributed by atoms with Gasteiger partial charge in [0.15, 0.2) is 0 Å². The molecule has 2 N–H and O–H groups in total. The highest BCUT2D eigenvalue weighted by Crippen LogP contribution is 2.30. The van der Waals surface area contributed by atoms with Crippen molar-refractivity contribution in [3.8, 4) is 0 Å². The first-order valence-electron chi connectivity index (χ1n) is 6.73. The molecule has 0 aliphatic carbocycles. The van der Waals surface area contributed by atoms with Gasteiger partial charge in [-0.3, -0.25) is 4.79 Å². The van der Waals surface area contributed by atoms with E-state index < -0.39 is 0 Å². The van der Waals surface area contributed by atoms with E-state index in [-0.39, 0.29) is 5.91 Å². The molecule has 1 heterocycles. The van der Waals surface area contributed by atoms with Crippen molar-refractivity contribution in [1.29, 1.82) is 0 Å². The Morgan fingerprint density at radius 3 is 2.60 bits per heavy atom. The zero-order valence-electron chi connectivity index (χ0n) is 11.1. The van der Waals surface area contributed by atoms with Crippen LogP contribution in [-0.2, 0) is 9.53 Å². The van der Waals surface area contributed by atoms with Gasteiger partial charge in [0.1, 0.15) is 0 Å². The average molecular weight is 406 g/mol. The maximum Gasteiger partial charge on any atom is 0.226 e. The van der Waals surface area contributed by atoms with Crippen LogP contribution in [0.2, 0.25) is 0 Å². The number of halogens is 2. The largest absolute Gasteiger partial charge is 0.378 e. The van der Waals surface area contributed by atoms with Gasteiger partial charge < -0.3 is 15.4 Å². The zero-order valence-corrected chi connectivity index (χ0v) is 14.3. The van der Waals surface area contributed by atoms with Gasteiger partial charge in [-0.15, -0.1) is 0 Å². The predicted molar refractivity (Wildman–Crippen MR) is 86.9 cm³/mol. The minimum Gasteiger partial charge on any atom is -0.378 e. The van der Waals surface area contributed by atoms with E-state index in [1.807, 2.05) is 18.2 Å². The summed E-state index contributed by atoms with van der Waals surface area (Å²) in [4.78, 5) is 11.9. The van der Waals surface area contributed by atoms with Crippen molar-refractivity contribution in [2.24, 2.45) is 0 Å². The molecule has 1 amide bonds. The van der Waals surface area contributed by atoms with E-state index in [9.17, 15) is 4.79 Å². The molecule has 0 aromatic heterocycles. The summed E-state index contributed by atoms with van der Waals surface area (Å²) in [6.07, 6.45) is 2.71. The van der Waals surface area contributed by atoms with Crippen LogP contribution >= 0.6 is 31.9 Å². The van der Waals surface area contributed by atoms with Gasteiger partial charge in [0.05, 0.1) is 24.8 Å². The summed E-state index contributed by atoms with van der Waals surface area (Å²) < 4.78 is 7.45. The number of anilines is 1. The van der Waals surface area contributed by atoms with Crippen LogP contribution in [-0.4, -0.2) is 31.7 Å². The molecule has 1 fully saturated rings. The number of ether oxygens (including phenoxy) is 1. The van der Waals surface area contributed by atoms with Crippen LogP contribution in [0.15, 0.2) is 27.1 Å². The summed E-state index contributed by atoms with van der Waals surface area (Å²) in [5, 5.41) is 6.18. The van der Waals surface area contributed by atoms with E-state index in [4.69, 9.17) is 4.74 Å².